The van der Waals surface area contributed by atoms with Gasteiger partial charge in [-0.3, -0.25) is 5.10 Å². The second kappa shape index (κ2) is 6.76. The van der Waals surface area contributed by atoms with Crippen LogP contribution in [0.2, 0.25) is 0 Å². The van der Waals surface area contributed by atoms with Crippen molar-refractivity contribution >= 4 is 11.6 Å². The Morgan fingerprint density at radius 2 is 1.73 bits per heavy atom. The predicted molar refractivity (Wildman–Crippen MR) is 86.2 cm³/mol. The van der Waals surface area contributed by atoms with Crippen LogP contribution in [-0.4, -0.2) is 15.2 Å². The van der Waals surface area contributed by atoms with Crippen LogP contribution < -0.4 is 10.1 Å². The van der Waals surface area contributed by atoms with E-state index >= 15 is 0 Å². The van der Waals surface area contributed by atoms with E-state index in [-0.39, 0.29) is 6.10 Å². The van der Waals surface area contributed by atoms with Crippen LogP contribution in [0, 0.1) is 0 Å². The number of ether oxygens (including phenoxy) is 1. The van der Waals surface area contributed by atoms with Gasteiger partial charge >= 0.3 is 0 Å². The summed E-state index contributed by atoms with van der Waals surface area (Å²) < 4.78 is 5.95. The highest BCUT2D eigenvalue weighted by Gasteiger charge is 2.16. The molecule has 0 spiro atoms. The topological polar surface area (TPSA) is 62.8 Å². The summed E-state index contributed by atoms with van der Waals surface area (Å²) in [5.41, 5.74) is 0.949. The fourth-order valence-electron chi connectivity index (χ4n) is 2.12. The van der Waals surface area contributed by atoms with E-state index in [2.05, 4.69) is 27.4 Å². The molecule has 0 bridgehead atoms. The molecule has 2 aromatic carbocycles. The second-order valence-corrected chi connectivity index (χ2v) is 4.86. The number of aromatic nitrogens is 3. The van der Waals surface area contributed by atoms with E-state index in [0.29, 0.717) is 11.8 Å². The Morgan fingerprint density at radius 3 is 2.41 bits per heavy atom. The number of hydrogen-bond acceptors (Lipinski definition) is 4. The fraction of sp³-hybridized carbons (Fsp3) is 0.176. The van der Waals surface area contributed by atoms with Crippen LogP contribution in [0.4, 0.5) is 11.6 Å². The fourth-order valence-corrected chi connectivity index (χ4v) is 2.12. The number of aromatic amines is 1. The molecule has 0 saturated heterocycles. The zero-order valence-electron chi connectivity index (χ0n) is 12.4. The first-order chi connectivity index (χ1) is 10.8. The quantitative estimate of drug-likeness (QED) is 0.719. The molecule has 3 rings (SSSR count). The van der Waals surface area contributed by atoms with Gasteiger partial charge in [0.2, 0.25) is 5.95 Å². The van der Waals surface area contributed by atoms with Gasteiger partial charge in [-0.05, 0) is 30.7 Å². The highest BCUT2D eigenvalue weighted by Crippen LogP contribution is 2.23. The molecule has 0 aliphatic heterocycles. The summed E-state index contributed by atoms with van der Waals surface area (Å²) in [6.45, 7) is 2.06. The van der Waals surface area contributed by atoms with Crippen molar-refractivity contribution in [2.75, 3.05) is 5.32 Å². The molecular weight excluding hydrogens is 276 g/mol. The lowest BCUT2D eigenvalue weighted by atomic mass is 10.2. The molecule has 0 saturated carbocycles. The molecule has 22 heavy (non-hydrogen) atoms. The van der Waals surface area contributed by atoms with Gasteiger partial charge in [0.15, 0.2) is 11.9 Å². The van der Waals surface area contributed by atoms with Crippen molar-refractivity contribution in [3.63, 3.8) is 0 Å². The van der Waals surface area contributed by atoms with Gasteiger partial charge in [-0.2, -0.15) is 4.98 Å². The maximum absolute atomic E-state index is 5.95. The minimum Gasteiger partial charge on any atom is -0.482 e. The monoisotopic (exact) mass is 294 g/mol. The molecule has 2 N–H and O–H groups in total. The number of benzene rings is 2. The largest absolute Gasteiger partial charge is 0.482 e. The molecule has 0 amide bonds. The summed E-state index contributed by atoms with van der Waals surface area (Å²) >= 11 is 0. The number of anilines is 2. The van der Waals surface area contributed by atoms with Gasteiger partial charge in [0, 0.05) is 5.69 Å². The van der Waals surface area contributed by atoms with E-state index < -0.39 is 0 Å². The van der Waals surface area contributed by atoms with Crippen molar-refractivity contribution in [3.05, 3.63) is 66.5 Å². The number of nitrogens with zero attached hydrogens (tertiary/aromatic N) is 2. The zero-order valence-corrected chi connectivity index (χ0v) is 12.4. The van der Waals surface area contributed by atoms with E-state index in [9.17, 15) is 0 Å². The minimum atomic E-state index is -0.152. The third kappa shape index (κ3) is 3.44. The summed E-state index contributed by atoms with van der Waals surface area (Å²) in [5, 5.41) is 10.3. The van der Waals surface area contributed by atoms with E-state index in [0.717, 1.165) is 17.9 Å². The highest BCUT2D eigenvalue weighted by molar-refractivity contribution is 5.52. The Labute approximate surface area is 129 Å². The molecule has 0 aliphatic carbocycles. The van der Waals surface area contributed by atoms with Gasteiger partial charge in [-0.15, -0.1) is 5.10 Å². The van der Waals surface area contributed by atoms with Gasteiger partial charge in [0.05, 0.1) is 0 Å². The van der Waals surface area contributed by atoms with Crippen LogP contribution in [0.25, 0.3) is 0 Å². The smallest absolute Gasteiger partial charge is 0.246 e. The molecule has 0 fully saturated rings. The average Bonchev–Trinajstić information content (AvgIpc) is 3.03. The van der Waals surface area contributed by atoms with Crippen LogP contribution in [0.5, 0.6) is 5.75 Å². The predicted octanol–water partition coefficient (Wildman–Crippen LogP) is 4.08. The molecule has 0 aliphatic rings. The molecule has 1 aromatic heterocycles. The third-order valence-corrected chi connectivity index (χ3v) is 3.23. The summed E-state index contributed by atoms with van der Waals surface area (Å²) in [5.74, 6) is 2.07. The first kappa shape index (κ1) is 14.1. The molecular formula is C17H18N4O. The lowest BCUT2D eigenvalue weighted by Gasteiger charge is -2.14. The van der Waals surface area contributed by atoms with Crippen LogP contribution in [0.15, 0.2) is 60.7 Å². The SMILES string of the molecule is CCC(Oc1ccccc1)c1nc(Nc2ccccc2)n[nH]1. The maximum Gasteiger partial charge on any atom is 0.246 e. The van der Waals surface area contributed by atoms with E-state index in [1.54, 1.807) is 0 Å². The first-order valence-electron chi connectivity index (χ1n) is 7.31. The van der Waals surface area contributed by atoms with Crippen LogP contribution in [-0.2, 0) is 0 Å². The Bertz CT molecular complexity index is 697. The molecule has 1 atom stereocenters. The van der Waals surface area contributed by atoms with Crippen molar-refractivity contribution in [3.8, 4) is 5.75 Å². The standard InChI is InChI=1S/C17H18N4O/c1-2-15(22-14-11-7-4-8-12-14)16-19-17(21-20-16)18-13-9-5-3-6-10-13/h3-12,15H,2H2,1H3,(H2,18,19,20,21). The Balaban J connectivity index is 1.71. The summed E-state index contributed by atoms with van der Waals surface area (Å²) in [4.78, 5) is 4.47. The van der Waals surface area contributed by atoms with Crippen LogP contribution >= 0.6 is 0 Å². The summed E-state index contributed by atoms with van der Waals surface area (Å²) in [6, 6.07) is 19.5. The normalized spacial score (nSPS) is 11.9. The molecule has 5 heteroatoms. The maximum atomic E-state index is 5.95. The summed E-state index contributed by atoms with van der Waals surface area (Å²) in [7, 11) is 0. The third-order valence-electron chi connectivity index (χ3n) is 3.23. The molecule has 3 aromatic rings. The van der Waals surface area contributed by atoms with E-state index in [4.69, 9.17) is 4.74 Å². The number of nitrogens with one attached hydrogen (secondary N) is 2. The van der Waals surface area contributed by atoms with Gasteiger partial charge in [0.1, 0.15) is 5.75 Å². The Kier molecular flexibility index (Phi) is 4.34. The molecule has 112 valence electrons. The van der Waals surface area contributed by atoms with E-state index in [1.165, 1.54) is 0 Å². The highest BCUT2D eigenvalue weighted by atomic mass is 16.5. The van der Waals surface area contributed by atoms with Gasteiger partial charge in [0.25, 0.3) is 0 Å². The molecule has 1 heterocycles. The molecule has 5 nitrogen and oxygen atoms in total. The molecule has 0 radical (unpaired) electrons. The average molecular weight is 294 g/mol. The lowest BCUT2D eigenvalue weighted by Crippen LogP contribution is -2.08. The number of H-pyrrole nitrogens is 1. The van der Waals surface area contributed by atoms with Crippen molar-refractivity contribution in [2.45, 2.75) is 19.4 Å². The number of rotatable bonds is 6. The Hall–Kier alpha value is -2.82. The van der Waals surface area contributed by atoms with Crippen molar-refractivity contribution in [2.24, 2.45) is 0 Å². The van der Waals surface area contributed by atoms with Gasteiger partial charge in [-0.25, -0.2) is 0 Å². The zero-order chi connectivity index (χ0) is 15.2. The van der Waals surface area contributed by atoms with Crippen molar-refractivity contribution < 1.29 is 4.74 Å². The first-order valence-corrected chi connectivity index (χ1v) is 7.31. The lowest BCUT2D eigenvalue weighted by molar-refractivity contribution is 0.191. The van der Waals surface area contributed by atoms with Crippen LogP contribution in [0.1, 0.15) is 25.3 Å². The molecule has 1 unspecified atom stereocenters. The second-order valence-electron chi connectivity index (χ2n) is 4.86. The van der Waals surface area contributed by atoms with Crippen LogP contribution in [0.3, 0.4) is 0 Å². The van der Waals surface area contributed by atoms with Crippen molar-refractivity contribution in [1.29, 1.82) is 0 Å². The Morgan fingerprint density at radius 1 is 1.05 bits per heavy atom. The number of hydrogen-bond donors (Lipinski definition) is 2. The minimum absolute atomic E-state index is 0.152. The number of para-hydroxylation sites is 2. The van der Waals surface area contributed by atoms with E-state index in [1.807, 2.05) is 60.7 Å². The summed E-state index contributed by atoms with van der Waals surface area (Å²) in [6.07, 6.45) is 0.649. The van der Waals surface area contributed by atoms with Gasteiger partial charge < -0.3 is 10.1 Å². The van der Waals surface area contributed by atoms with Gasteiger partial charge in [-0.1, -0.05) is 43.3 Å². The van der Waals surface area contributed by atoms with Crippen molar-refractivity contribution in [1.82, 2.24) is 15.2 Å².